The van der Waals surface area contributed by atoms with E-state index in [1.807, 2.05) is 0 Å². The number of aryl methyl sites for hydroxylation is 1. The van der Waals surface area contributed by atoms with Crippen LogP contribution in [-0.2, 0) is 0 Å². The van der Waals surface area contributed by atoms with Crippen LogP contribution in [0, 0.1) is 12.8 Å². The third-order valence-electron chi connectivity index (χ3n) is 3.60. The molecule has 0 heterocycles. The van der Waals surface area contributed by atoms with Crippen LogP contribution in [-0.4, -0.2) is 13.1 Å². The molecular formula is C17H29N. The summed E-state index contributed by atoms with van der Waals surface area (Å²) in [5.74, 6) is 1.49. The fraction of sp³-hybridized carbons (Fsp3) is 0.647. The van der Waals surface area contributed by atoms with Gasteiger partial charge in [0.1, 0.15) is 0 Å². The molecule has 0 saturated heterocycles. The van der Waals surface area contributed by atoms with Crippen LogP contribution in [0.1, 0.15) is 57.1 Å². The molecule has 0 radical (unpaired) electrons. The number of likely N-dealkylation sites (N-methyl/N-ethyl adjacent to an activating group) is 1. The maximum Gasteiger partial charge on any atom is 0.00201 e. The van der Waals surface area contributed by atoms with Gasteiger partial charge >= 0.3 is 0 Å². The molecule has 1 aromatic rings. The van der Waals surface area contributed by atoms with Crippen LogP contribution in [0.5, 0.6) is 0 Å². The predicted octanol–water partition coefficient (Wildman–Crippen LogP) is 4.51. The first-order chi connectivity index (χ1) is 8.65. The van der Waals surface area contributed by atoms with Crippen molar-refractivity contribution in [2.75, 3.05) is 13.1 Å². The van der Waals surface area contributed by atoms with Crippen molar-refractivity contribution in [1.29, 1.82) is 0 Å². The Balaban J connectivity index is 2.62. The zero-order chi connectivity index (χ0) is 13.4. The van der Waals surface area contributed by atoms with Gasteiger partial charge in [0.2, 0.25) is 0 Å². The van der Waals surface area contributed by atoms with Gasteiger partial charge in [0, 0.05) is 6.54 Å². The second kappa shape index (κ2) is 8.31. The number of nitrogens with one attached hydrogen (secondary N) is 1. The lowest BCUT2D eigenvalue weighted by atomic mass is 9.89. The molecule has 1 rings (SSSR count). The molecule has 0 aliphatic heterocycles. The lowest BCUT2D eigenvalue weighted by molar-refractivity contribution is 0.482. The van der Waals surface area contributed by atoms with Gasteiger partial charge in [-0.2, -0.15) is 0 Å². The van der Waals surface area contributed by atoms with E-state index in [9.17, 15) is 0 Å². The summed E-state index contributed by atoms with van der Waals surface area (Å²) in [7, 11) is 0. The monoisotopic (exact) mass is 247 g/mol. The van der Waals surface area contributed by atoms with E-state index in [0.717, 1.165) is 19.0 Å². The topological polar surface area (TPSA) is 12.0 Å². The van der Waals surface area contributed by atoms with Crippen molar-refractivity contribution < 1.29 is 0 Å². The quantitative estimate of drug-likeness (QED) is 0.712. The summed E-state index contributed by atoms with van der Waals surface area (Å²) in [6, 6.07) is 8.84. The summed E-state index contributed by atoms with van der Waals surface area (Å²) in [5.41, 5.74) is 2.96. The highest BCUT2D eigenvalue weighted by molar-refractivity contribution is 5.29. The molecule has 0 bridgehead atoms. The Labute approximate surface area is 113 Å². The zero-order valence-electron chi connectivity index (χ0n) is 12.5. The molecule has 1 aromatic carbocycles. The summed E-state index contributed by atoms with van der Waals surface area (Å²) >= 11 is 0. The average molecular weight is 247 g/mol. The molecule has 18 heavy (non-hydrogen) atoms. The van der Waals surface area contributed by atoms with Gasteiger partial charge in [-0.3, -0.25) is 0 Å². The van der Waals surface area contributed by atoms with E-state index in [-0.39, 0.29) is 0 Å². The van der Waals surface area contributed by atoms with E-state index in [2.05, 4.69) is 57.3 Å². The van der Waals surface area contributed by atoms with Gasteiger partial charge < -0.3 is 5.32 Å². The van der Waals surface area contributed by atoms with Gasteiger partial charge in [0.05, 0.1) is 0 Å². The summed E-state index contributed by atoms with van der Waals surface area (Å²) in [5, 5.41) is 3.51. The fourth-order valence-electron chi connectivity index (χ4n) is 2.50. The van der Waals surface area contributed by atoms with Crippen LogP contribution in [0.3, 0.4) is 0 Å². The van der Waals surface area contributed by atoms with Gasteiger partial charge in [0.15, 0.2) is 0 Å². The predicted molar refractivity (Wildman–Crippen MR) is 81.2 cm³/mol. The first-order valence-corrected chi connectivity index (χ1v) is 7.41. The maximum absolute atomic E-state index is 3.51. The number of benzene rings is 1. The third kappa shape index (κ3) is 5.22. The molecule has 0 amide bonds. The van der Waals surface area contributed by atoms with Crippen molar-refractivity contribution in [1.82, 2.24) is 5.32 Å². The molecular weight excluding hydrogens is 218 g/mol. The highest BCUT2D eigenvalue weighted by Crippen LogP contribution is 2.25. The number of rotatable bonds is 8. The van der Waals surface area contributed by atoms with Crippen molar-refractivity contribution in [2.45, 2.75) is 52.9 Å². The van der Waals surface area contributed by atoms with E-state index in [1.54, 1.807) is 0 Å². The Bertz CT molecular complexity index is 330. The van der Waals surface area contributed by atoms with Crippen LogP contribution in [0.15, 0.2) is 24.3 Å². The van der Waals surface area contributed by atoms with Crippen LogP contribution < -0.4 is 5.32 Å². The standard InChI is InChI=1S/C17H29N/c1-5-18-13-16(11-8-9-14(2)3)17-12-7-6-10-15(17)4/h6-7,10,12,14,16,18H,5,8-9,11,13H2,1-4H3. The minimum absolute atomic E-state index is 0.671. The second-order valence-corrected chi connectivity index (χ2v) is 5.69. The molecule has 1 N–H and O–H groups in total. The fourth-order valence-corrected chi connectivity index (χ4v) is 2.50. The molecule has 0 aromatic heterocycles. The molecule has 0 aliphatic carbocycles. The molecule has 1 heteroatoms. The molecule has 0 aliphatic rings. The highest BCUT2D eigenvalue weighted by Gasteiger charge is 2.13. The second-order valence-electron chi connectivity index (χ2n) is 5.69. The molecule has 1 atom stereocenters. The van der Waals surface area contributed by atoms with Gasteiger partial charge in [-0.1, -0.05) is 57.9 Å². The van der Waals surface area contributed by atoms with Gasteiger partial charge in [-0.15, -0.1) is 0 Å². The Kier molecular flexibility index (Phi) is 7.04. The Morgan fingerprint density at radius 3 is 2.44 bits per heavy atom. The molecule has 0 spiro atoms. The number of hydrogen-bond acceptors (Lipinski definition) is 1. The van der Waals surface area contributed by atoms with E-state index in [0.29, 0.717) is 5.92 Å². The smallest absolute Gasteiger partial charge is 0.00201 e. The van der Waals surface area contributed by atoms with Crippen LogP contribution >= 0.6 is 0 Å². The van der Waals surface area contributed by atoms with Gasteiger partial charge in [-0.25, -0.2) is 0 Å². The molecule has 0 fully saturated rings. The Morgan fingerprint density at radius 1 is 1.11 bits per heavy atom. The Hall–Kier alpha value is -0.820. The minimum Gasteiger partial charge on any atom is -0.316 e. The van der Waals surface area contributed by atoms with E-state index in [4.69, 9.17) is 0 Å². The lowest BCUT2D eigenvalue weighted by Crippen LogP contribution is -2.21. The SMILES string of the molecule is CCNCC(CCCC(C)C)c1ccccc1C. The van der Waals surface area contributed by atoms with Crippen molar-refractivity contribution in [3.63, 3.8) is 0 Å². The number of hydrogen-bond donors (Lipinski definition) is 1. The third-order valence-corrected chi connectivity index (χ3v) is 3.60. The van der Waals surface area contributed by atoms with E-state index < -0.39 is 0 Å². The normalized spacial score (nSPS) is 12.9. The molecule has 1 nitrogen and oxygen atoms in total. The first kappa shape index (κ1) is 15.2. The van der Waals surface area contributed by atoms with E-state index in [1.165, 1.54) is 30.4 Å². The van der Waals surface area contributed by atoms with Crippen LogP contribution in [0.25, 0.3) is 0 Å². The maximum atomic E-state index is 3.51. The van der Waals surface area contributed by atoms with Crippen LogP contribution in [0.2, 0.25) is 0 Å². The van der Waals surface area contributed by atoms with Gasteiger partial charge in [-0.05, 0) is 42.9 Å². The van der Waals surface area contributed by atoms with Crippen molar-refractivity contribution in [3.05, 3.63) is 35.4 Å². The van der Waals surface area contributed by atoms with Gasteiger partial charge in [0.25, 0.3) is 0 Å². The molecule has 1 unspecified atom stereocenters. The molecule has 0 saturated carbocycles. The summed E-state index contributed by atoms with van der Waals surface area (Å²) in [6.45, 7) is 11.2. The average Bonchev–Trinajstić information content (AvgIpc) is 2.34. The minimum atomic E-state index is 0.671. The first-order valence-electron chi connectivity index (χ1n) is 7.41. The largest absolute Gasteiger partial charge is 0.316 e. The van der Waals surface area contributed by atoms with Crippen molar-refractivity contribution in [3.8, 4) is 0 Å². The van der Waals surface area contributed by atoms with Crippen LogP contribution in [0.4, 0.5) is 0 Å². The Morgan fingerprint density at radius 2 is 1.83 bits per heavy atom. The summed E-state index contributed by atoms with van der Waals surface area (Å²) < 4.78 is 0. The van der Waals surface area contributed by atoms with Crippen molar-refractivity contribution >= 4 is 0 Å². The lowest BCUT2D eigenvalue weighted by Gasteiger charge is -2.20. The summed E-state index contributed by atoms with van der Waals surface area (Å²) in [4.78, 5) is 0. The zero-order valence-corrected chi connectivity index (χ0v) is 12.5. The summed E-state index contributed by atoms with van der Waals surface area (Å²) in [6.07, 6.45) is 3.98. The van der Waals surface area contributed by atoms with Crippen molar-refractivity contribution in [2.24, 2.45) is 5.92 Å². The molecule has 102 valence electrons. The highest BCUT2D eigenvalue weighted by atomic mass is 14.8. The van der Waals surface area contributed by atoms with E-state index >= 15 is 0 Å².